The number of amides is 3. The second-order valence-corrected chi connectivity index (χ2v) is 12.0. The van der Waals surface area contributed by atoms with Gasteiger partial charge in [-0.1, -0.05) is 6.92 Å². The van der Waals surface area contributed by atoms with Crippen LogP contribution in [0.5, 0.6) is 0 Å². The van der Waals surface area contributed by atoms with Crippen molar-refractivity contribution >= 4 is 44.3 Å². The summed E-state index contributed by atoms with van der Waals surface area (Å²) in [5.74, 6) is -1.10. The third-order valence-electron chi connectivity index (χ3n) is 6.44. The van der Waals surface area contributed by atoms with Crippen molar-refractivity contribution in [2.45, 2.75) is 51.0 Å². The lowest BCUT2D eigenvalue weighted by Gasteiger charge is -2.26. The van der Waals surface area contributed by atoms with E-state index in [0.717, 1.165) is 42.8 Å². The molecule has 0 aliphatic carbocycles. The fraction of sp³-hybridized carbons (Fsp3) is 0.480. The van der Waals surface area contributed by atoms with Crippen LogP contribution in [0.2, 0.25) is 0 Å². The van der Waals surface area contributed by atoms with Crippen LogP contribution in [0, 0.1) is 0 Å². The molecular formula is C25H32N4O6S2. The summed E-state index contributed by atoms with van der Waals surface area (Å²) in [6.07, 6.45) is 2.46. The molecular weight excluding hydrogens is 516 g/mol. The number of imide groups is 1. The maximum atomic E-state index is 13.1. The fourth-order valence-electron chi connectivity index (χ4n) is 4.65. The van der Waals surface area contributed by atoms with E-state index < -0.39 is 27.9 Å². The number of anilines is 1. The molecule has 1 aromatic heterocycles. The minimum absolute atomic E-state index is 0.125. The predicted molar refractivity (Wildman–Crippen MR) is 140 cm³/mol. The van der Waals surface area contributed by atoms with Gasteiger partial charge in [-0.3, -0.25) is 19.8 Å². The SMILES string of the molecule is CCCN1CCc2c(sc(NC(=O)c3ccc(S(=O)(=O)N4CCCC4)cc3)c2C(=O)NC(=O)OCC)C1. The molecule has 10 nitrogen and oxygen atoms in total. The Kier molecular flexibility index (Phi) is 8.63. The molecule has 1 saturated heterocycles. The molecule has 2 aliphatic rings. The Labute approximate surface area is 221 Å². The molecule has 1 aromatic carbocycles. The van der Waals surface area contributed by atoms with Crippen molar-refractivity contribution in [2.75, 3.05) is 38.1 Å². The number of hydrogen-bond acceptors (Lipinski definition) is 8. The van der Waals surface area contributed by atoms with Gasteiger partial charge < -0.3 is 10.1 Å². The molecule has 1 fully saturated rings. The highest BCUT2D eigenvalue weighted by Gasteiger charge is 2.30. The Hall–Kier alpha value is -2.80. The molecule has 0 unspecified atom stereocenters. The van der Waals surface area contributed by atoms with Crippen LogP contribution in [0.15, 0.2) is 29.2 Å². The van der Waals surface area contributed by atoms with Crippen molar-refractivity contribution in [1.29, 1.82) is 0 Å². The number of benzene rings is 1. The maximum Gasteiger partial charge on any atom is 0.414 e. The van der Waals surface area contributed by atoms with Gasteiger partial charge in [0.05, 0.1) is 17.1 Å². The summed E-state index contributed by atoms with van der Waals surface area (Å²) >= 11 is 1.32. The van der Waals surface area contributed by atoms with Crippen LogP contribution in [0.4, 0.5) is 9.80 Å². The van der Waals surface area contributed by atoms with Gasteiger partial charge in [0.2, 0.25) is 10.0 Å². The second kappa shape index (κ2) is 11.7. The predicted octanol–water partition coefficient (Wildman–Crippen LogP) is 3.44. The minimum atomic E-state index is -3.58. The second-order valence-electron chi connectivity index (χ2n) is 9.00. The number of nitrogens with one attached hydrogen (secondary N) is 2. The molecule has 12 heteroatoms. The average molecular weight is 549 g/mol. The standard InChI is InChI=1S/C25H32N4O6S2/c1-3-12-28-15-11-19-20(16-28)36-24(21(19)23(31)27-25(32)35-4-2)26-22(30)17-7-9-18(10-8-17)37(33,34)29-13-5-6-14-29/h7-10H,3-6,11-16H2,1-2H3,(H,26,30)(H,27,31,32). The normalized spacial score (nSPS) is 16.3. The molecule has 3 heterocycles. The van der Waals surface area contributed by atoms with Gasteiger partial charge in [0.25, 0.3) is 11.8 Å². The van der Waals surface area contributed by atoms with Crippen LogP contribution in [0.3, 0.4) is 0 Å². The fourth-order valence-corrected chi connectivity index (χ4v) is 7.44. The minimum Gasteiger partial charge on any atom is -0.450 e. The van der Waals surface area contributed by atoms with Crippen LogP contribution in [-0.2, 0) is 27.7 Å². The zero-order valence-electron chi connectivity index (χ0n) is 21.0. The summed E-state index contributed by atoms with van der Waals surface area (Å²) in [7, 11) is -3.58. The van der Waals surface area contributed by atoms with E-state index in [2.05, 4.69) is 22.5 Å². The van der Waals surface area contributed by atoms with E-state index in [9.17, 15) is 22.8 Å². The number of carbonyl (C=O) groups is 3. The molecule has 2 N–H and O–H groups in total. The first-order valence-corrected chi connectivity index (χ1v) is 14.8. The Bertz CT molecular complexity index is 1270. The summed E-state index contributed by atoms with van der Waals surface area (Å²) in [4.78, 5) is 41.5. The van der Waals surface area contributed by atoms with Crippen molar-refractivity contribution in [2.24, 2.45) is 0 Å². The lowest BCUT2D eigenvalue weighted by Crippen LogP contribution is -2.34. The number of carbonyl (C=O) groups excluding carboxylic acids is 3. The number of ether oxygens (including phenoxy) is 1. The topological polar surface area (TPSA) is 125 Å². The lowest BCUT2D eigenvalue weighted by molar-refractivity contribution is 0.0924. The molecule has 0 spiro atoms. The molecule has 4 rings (SSSR count). The molecule has 2 aromatic rings. The van der Waals surface area contributed by atoms with Crippen LogP contribution in [-0.4, -0.2) is 68.3 Å². The highest BCUT2D eigenvalue weighted by atomic mass is 32.2. The van der Waals surface area contributed by atoms with Crippen LogP contribution < -0.4 is 10.6 Å². The largest absolute Gasteiger partial charge is 0.450 e. The third kappa shape index (κ3) is 6.03. The monoisotopic (exact) mass is 548 g/mol. The van der Waals surface area contributed by atoms with Gasteiger partial charge in [-0.25, -0.2) is 13.2 Å². The molecule has 2 aliphatic heterocycles. The van der Waals surface area contributed by atoms with Crippen molar-refractivity contribution in [1.82, 2.24) is 14.5 Å². The van der Waals surface area contributed by atoms with Gasteiger partial charge in [-0.2, -0.15) is 4.31 Å². The quantitative estimate of drug-likeness (QED) is 0.518. The van der Waals surface area contributed by atoms with Gasteiger partial charge in [0.1, 0.15) is 5.00 Å². The van der Waals surface area contributed by atoms with Gasteiger partial charge in [0, 0.05) is 36.6 Å². The Morgan fingerprint density at radius 2 is 1.73 bits per heavy atom. The summed E-state index contributed by atoms with van der Waals surface area (Å²) in [5.41, 5.74) is 1.35. The average Bonchev–Trinajstić information content (AvgIpc) is 3.53. The molecule has 37 heavy (non-hydrogen) atoms. The van der Waals surface area contributed by atoms with Crippen LogP contribution >= 0.6 is 11.3 Å². The Balaban J connectivity index is 1.57. The van der Waals surface area contributed by atoms with Crippen LogP contribution in [0.1, 0.15) is 64.3 Å². The zero-order valence-corrected chi connectivity index (χ0v) is 22.7. The zero-order chi connectivity index (χ0) is 26.6. The maximum absolute atomic E-state index is 13.1. The van der Waals surface area contributed by atoms with E-state index in [4.69, 9.17) is 4.74 Å². The van der Waals surface area contributed by atoms with E-state index in [1.54, 1.807) is 6.92 Å². The van der Waals surface area contributed by atoms with Crippen LogP contribution in [0.25, 0.3) is 0 Å². The number of thiophene rings is 1. The number of alkyl carbamates (subject to hydrolysis) is 1. The number of fused-ring (bicyclic) bond motifs is 1. The number of hydrogen-bond donors (Lipinski definition) is 2. The lowest BCUT2D eigenvalue weighted by atomic mass is 10.0. The molecule has 0 saturated carbocycles. The van der Waals surface area contributed by atoms with Crippen molar-refractivity contribution in [3.05, 3.63) is 45.8 Å². The van der Waals surface area contributed by atoms with E-state index in [1.165, 1.54) is 39.9 Å². The Morgan fingerprint density at radius 3 is 2.38 bits per heavy atom. The first-order valence-electron chi connectivity index (χ1n) is 12.5. The summed E-state index contributed by atoms with van der Waals surface area (Å²) in [5, 5.41) is 5.41. The number of nitrogens with zero attached hydrogens (tertiary/aromatic N) is 2. The summed E-state index contributed by atoms with van der Waals surface area (Å²) in [6.45, 7) is 7.24. The van der Waals surface area contributed by atoms with E-state index in [-0.39, 0.29) is 22.6 Å². The van der Waals surface area contributed by atoms with Gasteiger partial charge in [-0.05, 0) is 69.0 Å². The van der Waals surface area contributed by atoms with E-state index in [1.807, 2.05) is 0 Å². The van der Waals surface area contributed by atoms with E-state index >= 15 is 0 Å². The summed E-state index contributed by atoms with van der Waals surface area (Å²) in [6, 6.07) is 5.79. The van der Waals surface area contributed by atoms with Gasteiger partial charge >= 0.3 is 6.09 Å². The highest BCUT2D eigenvalue weighted by Crippen LogP contribution is 2.37. The molecule has 3 amide bonds. The van der Waals surface area contributed by atoms with E-state index in [0.29, 0.717) is 31.1 Å². The summed E-state index contributed by atoms with van der Waals surface area (Å²) < 4.78 is 31.9. The van der Waals surface area contributed by atoms with Gasteiger partial charge in [0.15, 0.2) is 0 Å². The van der Waals surface area contributed by atoms with Crippen molar-refractivity contribution in [3.63, 3.8) is 0 Å². The third-order valence-corrected chi connectivity index (χ3v) is 9.49. The van der Waals surface area contributed by atoms with Crippen molar-refractivity contribution in [3.8, 4) is 0 Å². The van der Waals surface area contributed by atoms with Gasteiger partial charge in [-0.15, -0.1) is 11.3 Å². The number of rotatable bonds is 8. The van der Waals surface area contributed by atoms with Crippen molar-refractivity contribution < 1.29 is 27.5 Å². The molecule has 200 valence electrons. The molecule has 0 bridgehead atoms. The molecule has 0 radical (unpaired) electrons. The molecule has 0 atom stereocenters. The Morgan fingerprint density at radius 1 is 1.03 bits per heavy atom. The smallest absolute Gasteiger partial charge is 0.414 e. The number of sulfonamides is 1. The first kappa shape index (κ1) is 27.2. The highest BCUT2D eigenvalue weighted by molar-refractivity contribution is 7.89. The first-order chi connectivity index (χ1) is 17.7.